The molecule has 0 aliphatic heterocycles. The van der Waals surface area contributed by atoms with Crippen LogP contribution in [0.2, 0.25) is 5.15 Å². The largest absolute Gasteiger partial charge is 0.497 e. The van der Waals surface area contributed by atoms with Crippen molar-refractivity contribution in [3.63, 3.8) is 0 Å². The number of methoxy groups -OCH3 is 2. The molecule has 4 rings (SSSR count). The van der Waals surface area contributed by atoms with Gasteiger partial charge in [0.1, 0.15) is 16.7 Å². The van der Waals surface area contributed by atoms with Crippen LogP contribution in [-0.2, 0) is 0 Å². The zero-order valence-corrected chi connectivity index (χ0v) is 13.6. The van der Waals surface area contributed by atoms with Gasteiger partial charge in [0.15, 0.2) is 0 Å². The van der Waals surface area contributed by atoms with E-state index in [1.165, 1.54) is 5.39 Å². The number of nitrogens with zero attached hydrogens (tertiary/aromatic N) is 1. The quantitative estimate of drug-likeness (QED) is 0.469. The first-order chi connectivity index (χ1) is 10.7. The van der Waals surface area contributed by atoms with Crippen molar-refractivity contribution in [2.75, 3.05) is 14.2 Å². The Labute approximate surface area is 136 Å². The summed E-state index contributed by atoms with van der Waals surface area (Å²) in [5.74, 6) is 1.62. The maximum absolute atomic E-state index is 6.40. The average molecular weight is 330 g/mol. The van der Waals surface area contributed by atoms with Crippen LogP contribution in [0.15, 0.2) is 36.4 Å². The van der Waals surface area contributed by atoms with E-state index in [1.54, 1.807) is 25.6 Å². The third-order valence-electron chi connectivity index (χ3n) is 3.78. The highest BCUT2D eigenvalue weighted by Gasteiger charge is 2.14. The van der Waals surface area contributed by atoms with Crippen LogP contribution in [0.4, 0.5) is 0 Å². The van der Waals surface area contributed by atoms with Crippen LogP contribution in [0.3, 0.4) is 0 Å². The maximum Gasteiger partial charge on any atom is 0.147 e. The summed E-state index contributed by atoms with van der Waals surface area (Å²) in [5.41, 5.74) is 0.840. The van der Waals surface area contributed by atoms with Crippen LogP contribution < -0.4 is 9.47 Å². The first-order valence-corrected chi connectivity index (χ1v) is 7.94. The van der Waals surface area contributed by atoms with Crippen LogP contribution in [-0.4, -0.2) is 19.2 Å². The zero-order chi connectivity index (χ0) is 15.3. The molecule has 0 atom stereocenters. The number of fused-ring (bicyclic) bond motifs is 5. The molecule has 0 spiro atoms. The van der Waals surface area contributed by atoms with Crippen molar-refractivity contribution in [1.82, 2.24) is 4.98 Å². The molecule has 0 saturated heterocycles. The lowest BCUT2D eigenvalue weighted by molar-refractivity contribution is 0.415. The minimum atomic E-state index is 0.524. The Hall–Kier alpha value is -2.04. The smallest absolute Gasteiger partial charge is 0.147 e. The van der Waals surface area contributed by atoms with Gasteiger partial charge in [-0.15, -0.1) is 11.3 Å². The molecule has 0 bridgehead atoms. The lowest BCUT2D eigenvalue weighted by atomic mass is 10.1. The molecule has 3 nitrogen and oxygen atoms in total. The van der Waals surface area contributed by atoms with E-state index in [0.717, 1.165) is 37.2 Å². The van der Waals surface area contributed by atoms with Gasteiger partial charge in [-0.25, -0.2) is 4.98 Å². The number of halogens is 1. The van der Waals surface area contributed by atoms with Crippen molar-refractivity contribution in [2.45, 2.75) is 0 Å². The Kier molecular flexibility index (Phi) is 3.10. The molecule has 0 radical (unpaired) electrons. The summed E-state index contributed by atoms with van der Waals surface area (Å²) in [6, 6.07) is 12.0. The average Bonchev–Trinajstić information content (AvgIpc) is 2.93. The Morgan fingerprint density at radius 2 is 1.64 bits per heavy atom. The SMILES string of the molecule is COc1ccc2c(c1)nc(Cl)c1sc3cc(OC)ccc3c12. The Balaban J connectivity index is 2.18. The van der Waals surface area contributed by atoms with Gasteiger partial charge in [-0.05, 0) is 30.3 Å². The number of benzene rings is 2. The fourth-order valence-corrected chi connectivity index (χ4v) is 4.14. The van der Waals surface area contributed by atoms with Gasteiger partial charge in [-0.3, -0.25) is 0 Å². The number of pyridine rings is 1. The van der Waals surface area contributed by atoms with E-state index in [0.29, 0.717) is 5.15 Å². The van der Waals surface area contributed by atoms with Crippen molar-refractivity contribution in [3.8, 4) is 11.5 Å². The molecular formula is C17H12ClNO2S. The normalized spacial score (nSPS) is 11.4. The van der Waals surface area contributed by atoms with E-state index in [1.807, 2.05) is 30.3 Å². The molecule has 2 aromatic heterocycles. The van der Waals surface area contributed by atoms with Crippen LogP contribution >= 0.6 is 22.9 Å². The van der Waals surface area contributed by atoms with Crippen molar-refractivity contribution < 1.29 is 9.47 Å². The highest BCUT2D eigenvalue weighted by Crippen LogP contribution is 2.42. The monoisotopic (exact) mass is 329 g/mol. The molecule has 0 N–H and O–H groups in total. The summed E-state index contributed by atoms with van der Waals surface area (Å²) in [6.07, 6.45) is 0. The first kappa shape index (κ1) is 13.6. The van der Waals surface area contributed by atoms with E-state index in [-0.39, 0.29) is 0 Å². The fraction of sp³-hybridized carbons (Fsp3) is 0.118. The number of thiophene rings is 1. The number of hydrogen-bond acceptors (Lipinski definition) is 4. The molecule has 5 heteroatoms. The Bertz CT molecular complexity index is 1030. The molecule has 0 aliphatic carbocycles. The van der Waals surface area contributed by atoms with Gasteiger partial charge in [0, 0.05) is 26.9 Å². The van der Waals surface area contributed by atoms with E-state index >= 15 is 0 Å². The van der Waals surface area contributed by atoms with Crippen LogP contribution in [0, 0.1) is 0 Å². The lowest BCUT2D eigenvalue weighted by Gasteiger charge is -2.05. The first-order valence-electron chi connectivity index (χ1n) is 6.75. The van der Waals surface area contributed by atoms with Gasteiger partial charge in [0.2, 0.25) is 0 Å². The summed E-state index contributed by atoms with van der Waals surface area (Å²) in [4.78, 5) is 4.51. The van der Waals surface area contributed by atoms with Crippen molar-refractivity contribution in [1.29, 1.82) is 0 Å². The topological polar surface area (TPSA) is 31.4 Å². The second-order valence-electron chi connectivity index (χ2n) is 4.95. The molecule has 0 amide bonds. The van der Waals surface area contributed by atoms with Crippen molar-refractivity contribution in [3.05, 3.63) is 41.6 Å². The maximum atomic E-state index is 6.40. The number of aromatic nitrogens is 1. The molecule has 110 valence electrons. The second kappa shape index (κ2) is 5.00. The molecule has 0 aliphatic rings. The van der Waals surface area contributed by atoms with E-state index < -0.39 is 0 Å². The molecule has 2 heterocycles. The molecular weight excluding hydrogens is 318 g/mol. The van der Waals surface area contributed by atoms with Crippen LogP contribution in [0.5, 0.6) is 11.5 Å². The van der Waals surface area contributed by atoms with Gasteiger partial charge in [-0.1, -0.05) is 11.6 Å². The van der Waals surface area contributed by atoms with E-state index in [2.05, 4.69) is 11.1 Å². The van der Waals surface area contributed by atoms with Crippen LogP contribution in [0.25, 0.3) is 31.1 Å². The van der Waals surface area contributed by atoms with Gasteiger partial charge >= 0.3 is 0 Å². The highest BCUT2D eigenvalue weighted by molar-refractivity contribution is 7.26. The number of ether oxygens (including phenoxy) is 2. The van der Waals surface area contributed by atoms with E-state index in [9.17, 15) is 0 Å². The molecule has 0 fully saturated rings. The minimum absolute atomic E-state index is 0.524. The van der Waals surface area contributed by atoms with Crippen molar-refractivity contribution >= 4 is 54.0 Å². The zero-order valence-electron chi connectivity index (χ0n) is 12.0. The third-order valence-corrected chi connectivity index (χ3v) is 5.32. The van der Waals surface area contributed by atoms with Gasteiger partial charge in [0.25, 0.3) is 0 Å². The fourth-order valence-electron chi connectivity index (χ4n) is 2.72. The lowest BCUT2D eigenvalue weighted by Crippen LogP contribution is -1.86. The molecule has 22 heavy (non-hydrogen) atoms. The van der Waals surface area contributed by atoms with E-state index in [4.69, 9.17) is 21.1 Å². The van der Waals surface area contributed by atoms with Gasteiger partial charge < -0.3 is 9.47 Å². The van der Waals surface area contributed by atoms with Gasteiger partial charge in [0.05, 0.1) is 24.4 Å². The predicted molar refractivity (Wildman–Crippen MR) is 92.7 cm³/mol. The Morgan fingerprint density at radius 1 is 0.955 bits per heavy atom. The Morgan fingerprint density at radius 3 is 2.36 bits per heavy atom. The van der Waals surface area contributed by atoms with Gasteiger partial charge in [-0.2, -0.15) is 0 Å². The summed E-state index contributed by atoms with van der Waals surface area (Å²) < 4.78 is 12.7. The summed E-state index contributed by atoms with van der Waals surface area (Å²) >= 11 is 8.04. The van der Waals surface area contributed by atoms with Crippen molar-refractivity contribution in [2.24, 2.45) is 0 Å². The molecule has 4 aromatic rings. The molecule has 0 saturated carbocycles. The predicted octanol–water partition coefficient (Wildman–Crippen LogP) is 5.27. The number of hydrogen-bond donors (Lipinski definition) is 0. The standard InChI is InChI=1S/C17H12ClNO2S/c1-20-9-3-5-11-13(7-9)19-17(18)16-15(11)12-6-4-10(21-2)8-14(12)22-16/h3-8H,1-2H3. The van der Waals surface area contributed by atoms with Crippen LogP contribution in [0.1, 0.15) is 0 Å². The third kappa shape index (κ3) is 1.91. The molecule has 0 unspecified atom stereocenters. The summed E-state index contributed by atoms with van der Waals surface area (Å²) in [5, 5.41) is 3.91. The highest BCUT2D eigenvalue weighted by atomic mass is 35.5. The molecule has 2 aromatic carbocycles. The second-order valence-corrected chi connectivity index (χ2v) is 6.36. The number of rotatable bonds is 2. The summed E-state index contributed by atoms with van der Waals surface area (Å²) in [7, 11) is 3.32. The minimum Gasteiger partial charge on any atom is -0.497 e. The summed E-state index contributed by atoms with van der Waals surface area (Å²) in [6.45, 7) is 0.